The fourth-order valence-corrected chi connectivity index (χ4v) is 6.42. The number of amides is 2. The highest BCUT2D eigenvalue weighted by Gasteiger charge is 2.39. The molecule has 2 aliphatic rings. The summed E-state index contributed by atoms with van der Waals surface area (Å²) in [5, 5.41) is 4.31. The lowest BCUT2D eigenvalue weighted by molar-refractivity contribution is -0.134. The molecule has 6 rings (SSSR count). The Labute approximate surface area is 240 Å². The van der Waals surface area contributed by atoms with Gasteiger partial charge in [-0.1, -0.05) is 54.1 Å². The van der Waals surface area contributed by atoms with Crippen molar-refractivity contribution in [1.29, 1.82) is 0 Å². The molecule has 1 aromatic heterocycles. The van der Waals surface area contributed by atoms with Crippen LogP contribution >= 0.6 is 11.8 Å². The summed E-state index contributed by atoms with van der Waals surface area (Å²) < 4.78 is 36.4. The Morgan fingerprint density at radius 1 is 1.02 bits per heavy atom. The highest BCUT2D eigenvalue weighted by atomic mass is 32.2. The third-order valence-electron chi connectivity index (χ3n) is 7.32. The van der Waals surface area contributed by atoms with E-state index >= 15 is 4.39 Å². The summed E-state index contributed by atoms with van der Waals surface area (Å²) in [6.07, 6.45) is 0. The normalized spacial score (nSPS) is 17.3. The van der Waals surface area contributed by atoms with Crippen LogP contribution in [0.1, 0.15) is 21.9 Å². The number of rotatable bonds is 5. The van der Waals surface area contributed by atoms with E-state index in [1.165, 1.54) is 28.8 Å². The molecule has 0 spiro atoms. The van der Waals surface area contributed by atoms with E-state index in [1.807, 2.05) is 61.5 Å². The van der Waals surface area contributed by atoms with Crippen molar-refractivity contribution in [3.8, 4) is 16.9 Å². The number of halogens is 2. The van der Waals surface area contributed by atoms with Crippen LogP contribution in [-0.4, -0.2) is 65.1 Å². The van der Waals surface area contributed by atoms with Crippen molar-refractivity contribution in [3.05, 3.63) is 101 Å². The lowest BCUT2D eigenvalue weighted by atomic mass is 9.99. The van der Waals surface area contributed by atoms with Crippen molar-refractivity contribution >= 4 is 29.4 Å². The number of nitrogens with zero attached hydrogens (tertiary/aromatic N) is 4. The minimum Gasteiger partial charge on any atom is -0.378 e. The molecule has 7 nitrogen and oxygen atoms in total. The summed E-state index contributed by atoms with van der Waals surface area (Å²) in [5.74, 6) is -1.50. The van der Waals surface area contributed by atoms with Gasteiger partial charge in [-0.3, -0.25) is 14.5 Å². The molecule has 3 heterocycles. The summed E-state index contributed by atoms with van der Waals surface area (Å²) in [6, 6.07) is 20.6. The number of hydrogen-bond acceptors (Lipinski definition) is 5. The predicted octanol–water partition coefficient (Wildman–Crippen LogP) is 5.15. The van der Waals surface area contributed by atoms with Gasteiger partial charge in [0.2, 0.25) is 11.8 Å². The second-order valence-electron chi connectivity index (χ2n) is 10.0. The molecule has 0 bridgehead atoms. The molecule has 10 heteroatoms. The SMILES string of the molecule is Cc1ccc(-n2nc(-c3ccccc3)c3c2N(CC(=O)N2CCOCC2)C(=O)CS[C@H]3c2ccc(F)cc2F)cc1. The fraction of sp³-hybridized carbons (Fsp3) is 0.258. The summed E-state index contributed by atoms with van der Waals surface area (Å²) in [5.41, 5.74) is 3.90. The highest BCUT2D eigenvalue weighted by Crippen LogP contribution is 2.49. The fourth-order valence-electron chi connectivity index (χ4n) is 5.20. The molecule has 2 aliphatic heterocycles. The van der Waals surface area contributed by atoms with Crippen LogP contribution in [0.5, 0.6) is 0 Å². The van der Waals surface area contributed by atoms with Crippen LogP contribution in [0.2, 0.25) is 0 Å². The van der Waals surface area contributed by atoms with Crippen molar-refractivity contribution in [1.82, 2.24) is 14.7 Å². The largest absolute Gasteiger partial charge is 0.378 e. The zero-order valence-corrected chi connectivity index (χ0v) is 23.2. The third kappa shape index (κ3) is 5.37. The number of anilines is 1. The number of carbonyl (C=O) groups is 2. The maximum Gasteiger partial charge on any atom is 0.242 e. The number of benzene rings is 3. The van der Waals surface area contributed by atoms with E-state index in [0.29, 0.717) is 49.1 Å². The summed E-state index contributed by atoms with van der Waals surface area (Å²) in [7, 11) is 0. The number of ether oxygens (including phenoxy) is 1. The number of carbonyl (C=O) groups excluding carboxylic acids is 2. The van der Waals surface area contributed by atoms with E-state index in [1.54, 1.807) is 9.58 Å². The molecule has 0 radical (unpaired) electrons. The van der Waals surface area contributed by atoms with Crippen molar-refractivity contribution in [2.45, 2.75) is 12.2 Å². The maximum atomic E-state index is 15.4. The molecule has 210 valence electrons. The Bertz CT molecular complexity index is 1590. The molecule has 1 saturated heterocycles. The van der Waals surface area contributed by atoms with Gasteiger partial charge in [-0.05, 0) is 25.1 Å². The first kappa shape index (κ1) is 27.2. The third-order valence-corrected chi connectivity index (χ3v) is 8.55. The second-order valence-corrected chi connectivity index (χ2v) is 11.1. The molecule has 1 atom stereocenters. The number of fused-ring (bicyclic) bond motifs is 1. The van der Waals surface area contributed by atoms with Gasteiger partial charge in [-0.2, -0.15) is 5.10 Å². The quantitative estimate of drug-likeness (QED) is 0.330. The van der Waals surface area contributed by atoms with Crippen LogP contribution in [-0.2, 0) is 14.3 Å². The molecule has 3 aromatic carbocycles. The van der Waals surface area contributed by atoms with Crippen LogP contribution in [0.4, 0.5) is 14.6 Å². The molecular formula is C31H28F2N4O3S. The van der Waals surface area contributed by atoms with Crippen LogP contribution in [0.15, 0.2) is 72.8 Å². The minimum absolute atomic E-state index is 0.00528. The molecule has 41 heavy (non-hydrogen) atoms. The predicted molar refractivity (Wildman–Crippen MR) is 154 cm³/mol. The Balaban J connectivity index is 1.59. The molecule has 2 amide bonds. The first-order valence-electron chi connectivity index (χ1n) is 13.4. The van der Waals surface area contributed by atoms with Gasteiger partial charge >= 0.3 is 0 Å². The lowest BCUT2D eigenvalue weighted by Crippen LogP contribution is -2.48. The van der Waals surface area contributed by atoms with Gasteiger partial charge in [-0.15, -0.1) is 11.8 Å². The summed E-state index contributed by atoms with van der Waals surface area (Å²) in [6.45, 7) is 3.54. The molecule has 0 N–H and O–H groups in total. The molecule has 0 unspecified atom stereocenters. The van der Waals surface area contributed by atoms with Crippen LogP contribution in [0, 0.1) is 18.6 Å². The Morgan fingerprint density at radius 3 is 2.46 bits per heavy atom. The lowest BCUT2D eigenvalue weighted by Gasteiger charge is -2.30. The van der Waals surface area contributed by atoms with Crippen molar-refractivity contribution < 1.29 is 23.1 Å². The average molecular weight is 575 g/mol. The van der Waals surface area contributed by atoms with Crippen LogP contribution < -0.4 is 4.90 Å². The van der Waals surface area contributed by atoms with Gasteiger partial charge in [0.1, 0.15) is 24.0 Å². The monoisotopic (exact) mass is 574 g/mol. The Kier molecular flexibility index (Phi) is 7.59. The molecular weight excluding hydrogens is 546 g/mol. The van der Waals surface area contributed by atoms with Crippen molar-refractivity contribution in [3.63, 3.8) is 0 Å². The van der Waals surface area contributed by atoms with Gasteiger partial charge in [0, 0.05) is 35.8 Å². The van der Waals surface area contributed by atoms with Gasteiger partial charge in [0.05, 0.1) is 35.6 Å². The number of aromatic nitrogens is 2. The zero-order chi connectivity index (χ0) is 28.5. The van der Waals surface area contributed by atoms with E-state index in [9.17, 15) is 14.0 Å². The Morgan fingerprint density at radius 2 is 1.76 bits per heavy atom. The van der Waals surface area contributed by atoms with E-state index in [0.717, 1.165) is 17.2 Å². The van der Waals surface area contributed by atoms with Crippen LogP contribution in [0.3, 0.4) is 0 Å². The van der Waals surface area contributed by atoms with E-state index in [-0.39, 0.29) is 29.7 Å². The molecule has 0 saturated carbocycles. The van der Waals surface area contributed by atoms with E-state index in [2.05, 4.69) is 0 Å². The van der Waals surface area contributed by atoms with Gasteiger partial charge in [0.15, 0.2) is 0 Å². The number of aryl methyl sites for hydroxylation is 1. The summed E-state index contributed by atoms with van der Waals surface area (Å²) in [4.78, 5) is 30.5. The second kappa shape index (κ2) is 11.5. The van der Waals surface area contributed by atoms with Gasteiger partial charge in [0.25, 0.3) is 0 Å². The van der Waals surface area contributed by atoms with Gasteiger partial charge < -0.3 is 9.64 Å². The average Bonchev–Trinajstić information content (AvgIpc) is 3.31. The molecule has 1 fully saturated rings. The van der Waals surface area contributed by atoms with Crippen molar-refractivity contribution in [2.24, 2.45) is 0 Å². The smallest absolute Gasteiger partial charge is 0.242 e. The topological polar surface area (TPSA) is 67.7 Å². The number of thioether (sulfide) groups is 1. The van der Waals surface area contributed by atoms with E-state index < -0.39 is 16.9 Å². The van der Waals surface area contributed by atoms with Crippen LogP contribution in [0.25, 0.3) is 16.9 Å². The minimum atomic E-state index is -0.708. The highest BCUT2D eigenvalue weighted by molar-refractivity contribution is 8.00. The van der Waals surface area contributed by atoms with Gasteiger partial charge in [-0.25, -0.2) is 13.5 Å². The summed E-state index contributed by atoms with van der Waals surface area (Å²) >= 11 is 1.24. The first-order valence-corrected chi connectivity index (χ1v) is 14.4. The Hall–Kier alpha value is -4.02. The van der Waals surface area contributed by atoms with Crippen molar-refractivity contribution in [2.75, 3.05) is 43.5 Å². The zero-order valence-electron chi connectivity index (χ0n) is 22.4. The molecule has 0 aliphatic carbocycles. The first-order chi connectivity index (χ1) is 19.9. The maximum absolute atomic E-state index is 15.4. The number of hydrogen-bond donors (Lipinski definition) is 0. The molecule has 4 aromatic rings. The van der Waals surface area contributed by atoms with E-state index in [4.69, 9.17) is 9.84 Å². The number of morpholine rings is 1. The standard InChI is InChI=1S/C31H28F2N4O3S/c1-20-7-10-23(11-8-20)37-31-28(29(34-37)21-5-3-2-4-6-21)30(24-12-9-22(32)17-25(24)33)41-19-27(39)36(31)18-26(38)35-13-15-40-16-14-35/h2-12,17,30H,13-16,18-19H2,1H3/t30-/m0/s1.